The van der Waals surface area contributed by atoms with E-state index >= 15 is 0 Å². The Labute approximate surface area is 87.7 Å². The number of rotatable bonds is 2. The summed E-state index contributed by atoms with van der Waals surface area (Å²) in [6, 6.07) is 5.91. The Morgan fingerprint density at radius 2 is 2.43 bits per heavy atom. The number of ether oxygens (including phenoxy) is 1. The van der Waals surface area contributed by atoms with Crippen molar-refractivity contribution in [3.05, 3.63) is 23.8 Å². The van der Waals surface area contributed by atoms with Crippen molar-refractivity contribution in [1.82, 2.24) is 0 Å². The summed E-state index contributed by atoms with van der Waals surface area (Å²) in [5, 5.41) is 4.40. The van der Waals surface area contributed by atoms with Gasteiger partial charge in [-0.15, -0.1) is 0 Å². The number of anilines is 1. The van der Waals surface area contributed by atoms with Crippen molar-refractivity contribution in [2.45, 2.75) is 13.3 Å². The molecule has 1 N–H and O–H groups in total. The van der Waals surface area contributed by atoms with Crippen LogP contribution in [0.25, 0.3) is 0 Å². The summed E-state index contributed by atoms with van der Waals surface area (Å²) in [5.74, 6) is 0.974. The lowest BCUT2D eigenvalue weighted by atomic mass is 10.1. The molecule has 1 aliphatic heterocycles. The van der Waals surface area contributed by atoms with Gasteiger partial charge in [0.05, 0.1) is 12.3 Å². The fourth-order valence-corrected chi connectivity index (χ4v) is 1.44. The molecule has 0 saturated carbocycles. The Balaban J connectivity index is 2.17. The third kappa shape index (κ3) is 1.99. The molecule has 1 heterocycles. The molecular weight excluding hydrogens is 200 g/mol. The number of benzene rings is 1. The molecule has 0 spiro atoms. The van der Waals surface area contributed by atoms with Crippen molar-refractivity contribution in [2.75, 3.05) is 12.0 Å². The molecule has 0 unspecified atom stereocenters. The van der Waals surface area contributed by atoms with Gasteiger partial charge in [-0.05, 0) is 30.7 Å². The summed E-state index contributed by atoms with van der Waals surface area (Å²) in [5.41, 5.74) is 5.03. The van der Waals surface area contributed by atoms with Crippen molar-refractivity contribution >= 4 is 22.5 Å². The second-order valence-corrected chi connectivity index (χ2v) is 3.69. The SMILES string of the molecule is C/C(Cl)=N/Nc1ccc2c(c1)CCO2. The first-order valence-corrected chi connectivity index (χ1v) is 4.85. The number of hydrogen-bond acceptors (Lipinski definition) is 3. The molecule has 1 aromatic carbocycles. The molecular formula is C10H11ClN2O. The van der Waals surface area contributed by atoms with Crippen molar-refractivity contribution in [2.24, 2.45) is 5.10 Å². The fourth-order valence-electron chi connectivity index (χ4n) is 1.40. The van der Waals surface area contributed by atoms with Gasteiger partial charge in [-0.3, -0.25) is 5.43 Å². The quantitative estimate of drug-likeness (QED) is 0.602. The first-order chi connectivity index (χ1) is 6.75. The Morgan fingerprint density at radius 1 is 1.57 bits per heavy atom. The van der Waals surface area contributed by atoms with E-state index in [-0.39, 0.29) is 0 Å². The summed E-state index contributed by atoms with van der Waals surface area (Å²) >= 11 is 5.61. The van der Waals surface area contributed by atoms with Gasteiger partial charge in [0, 0.05) is 6.42 Å². The van der Waals surface area contributed by atoms with Crippen LogP contribution in [0.1, 0.15) is 12.5 Å². The highest BCUT2D eigenvalue weighted by Crippen LogP contribution is 2.27. The van der Waals surface area contributed by atoms with Gasteiger partial charge < -0.3 is 4.74 Å². The predicted octanol–water partition coefficient (Wildman–Crippen LogP) is 2.61. The molecule has 74 valence electrons. The molecule has 0 aliphatic carbocycles. The largest absolute Gasteiger partial charge is 0.493 e. The summed E-state index contributed by atoms with van der Waals surface area (Å²) in [7, 11) is 0. The van der Waals surface area contributed by atoms with E-state index in [4.69, 9.17) is 16.3 Å². The predicted molar refractivity (Wildman–Crippen MR) is 58.2 cm³/mol. The molecule has 3 nitrogen and oxygen atoms in total. The van der Waals surface area contributed by atoms with Gasteiger partial charge in [-0.25, -0.2) is 0 Å². The first kappa shape index (κ1) is 9.34. The zero-order chi connectivity index (χ0) is 9.97. The van der Waals surface area contributed by atoms with Crippen LogP contribution in [-0.4, -0.2) is 11.8 Å². The van der Waals surface area contributed by atoms with Crippen molar-refractivity contribution in [3.8, 4) is 5.75 Å². The number of hydrazone groups is 1. The zero-order valence-corrected chi connectivity index (χ0v) is 8.64. The maximum Gasteiger partial charge on any atom is 0.123 e. The summed E-state index contributed by atoms with van der Waals surface area (Å²) < 4.78 is 5.39. The van der Waals surface area contributed by atoms with Gasteiger partial charge in [0.15, 0.2) is 0 Å². The molecule has 0 bridgehead atoms. The van der Waals surface area contributed by atoms with Crippen molar-refractivity contribution in [3.63, 3.8) is 0 Å². The molecule has 14 heavy (non-hydrogen) atoms. The minimum absolute atomic E-state index is 0.488. The minimum Gasteiger partial charge on any atom is -0.493 e. The second kappa shape index (κ2) is 3.88. The van der Waals surface area contributed by atoms with Gasteiger partial charge in [0.25, 0.3) is 0 Å². The number of nitrogens with zero attached hydrogens (tertiary/aromatic N) is 1. The van der Waals surface area contributed by atoms with Crippen molar-refractivity contribution < 1.29 is 4.74 Å². The van der Waals surface area contributed by atoms with E-state index in [2.05, 4.69) is 10.5 Å². The van der Waals surface area contributed by atoms with E-state index in [0.717, 1.165) is 24.5 Å². The third-order valence-electron chi connectivity index (χ3n) is 2.03. The number of hydrogen-bond donors (Lipinski definition) is 1. The van der Waals surface area contributed by atoms with Crippen LogP contribution in [-0.2, 0) is 6.42 Å². The monoisotopic (exact) mass is 210 g/mol. The Kier molecular flexibility index (Phi) is 2.59. The van der Waals surface area contributed by atoms with Gasteiger partial charge >= 0.3 is 0 Å². The van der Waals surface area contributed by atoms with Gasteiger partial charge in [0.2, 0.25) is 0 Å². The Morgan fingerprint density at radius 3 is 3.21 bits per heavy atom. The lowest BCUT2D eigenvalue weighted by molar-refractivity contribution is 0.357. The zero-order valence-electron chi connectivity index (χ0n) is 7.88. The summed E-state index contributed by atoms with van der Waals surface area (Å²) in [6.07, 6.45) is 0.967. The maximum atomic E-state index is 5.61. The Bertz CT molecular complexity index is 372. The van der Waals surface area contributed by atoms with Gasteiger partial charge in [-0.1, -0.05) is 11.6 Å². The number of fused-ring (bicyclic) bond motifs is 1. The van der Waals surface area contributed by atoms with E-state index in [1.807, 2.05) is 18.2 Å². The van der Waals surface area contributed by atoms with E-state index < -0.39 is 0 Å². The van der Waals surface area contributed by atoms with Crippen LogP contribution < -0.4 is 10.2 Å². The van der Waals surface area contributed by atoms with E-state index in [1.54, 1.807) is 6.92 Å². The van der Waals surface area contributed by atoms with E-state index in [9.17, 15) is 0 Å². The highest BCUT2D eigenvalue weighted by Gasteiger charge is 2.11. The van der Waals surface area contributed by atoms with Gasteiger partial charge in [-0.2, -0.15) is 5.10 Å². The highest BCUT2D eigenvalue weighted by atomic mass is 35.5. The molecule has 4 heteroatoms. The first-order valence-electron chi connectivity index (χ1n) is 4.47. The molecule has 0 saturated heterocycles. The van der Waals surface area contributed by atoms with Crippen LogP contribution in [0.15, 0.2) is 23.3 Å². The summed E-state index contributed by atoms with van der Waals surface area (Å²) in [6.45, 7) is 2.50. The standard InChI is InChI=1S/C10H11ClN2O/c1-7(11)12-13-9-2-3-10-8(6-9)4-5-14-10/h2-3,6,13H,4-5H2,1H3/b12-7-. The van der Waals surface area contributed by atoms with Gasteiger partial charge in [0.1, 0.15) is 10.9 Å². The number of nitrogens with one attached hydrogen (secondary N) is 1. The normalized spacial score (nSPS) is 14.9. The smallest absolute Gasteiger partial charge is 0.123 e. The molecule has 0 atom stereocenters. The molecule has 0 aromatic heterocycles. The molecule has 2 rings (SSSR count). The number of halogens is 1. The van der Waals surface area contributed by atoms with Crippen LogP contribution >= 0.6 is 11.6 Å². The average molecular weight is 211 g/mol. The molecule has 0 amide bonds. The van der Waals surface area contributed by atoms with Crippen molar-refractivity contribution in [1.29, 1.82) is 0 Å². The second-order valence-electron chi connectivity index (χ2n) is 3.14. The minimum atomic E-state index is 0.488. The highest BCUT2D eigenvalue weighted by molar-refractivity contribution is 6.64. The molecule has 1 aromatic rings. The summed E-state index contributed by atoms with van der Waals surface area (Å²) in [4.78, 5) is 0. The van der Waals surface area contributed by atoms with Crippen LogP contribution in [0.2, 0.25) is 0 Å². The Hall–Kier alpha value is -1.22. The molecule has 0 fully saturated rings. The van der Waals surface area contributed by atoms with Crippen LogP contribution in [0.4, 0.5) is 5.69 Å². The van der Waals surface area contributed by atoms with Crippen LogP contribution in [0.3, 0.4) is 0 Å². The maximum absolute atomic E-state index is 5.61. The lowest BCUT2D eigenvalue weighted by Crippen LogP contribution is -1.91. The van der Waals surface area contributed by atoms with E-state index in [0.29, 0.717) is 5.17 Å². The average Bonchev–Trinajstić information content (AvgIpc) is 2.61. The topological polar surface area (TPSA) is 33.6 Å². The van der Waals surface area contributed by atoms with Crippen LogP contribution in [0, 0.1) is 0 Å². The lowest BCUT2D eigenvalue weighted by Gasteiger charge is -2.02. The van der Waals surface area contributed by atoms with Crippen LogP contribution in [0.5, 0.6) is 5.75 Å². The molecule has 1 aliphatic rings. The fraction of sp³-hybridized carbons (Fsp3) is 0.300. The third-order valence-corrected chi connectivity index (χ3v) is 2.11. The molecule has 0 radical (unpaired) electrons. The van der Waals surface area contributed by atoms with E-state index in [1.165, 1.54) is 5.56 Å².